The summed E-state index contributed by atoms with van der Waals surface area (Å²) in [5.41, 5.74) is 3.22. The molecule has 1 aliphatic rings. The minimum Gasteiger partial charge on any atom is -0.451 e. The van der Waals surface area contributed by atoms with Gasteiger partial charge in [0.05, 0.1) is 0 Å². The Balaban J connectivity index is 1.52. The minimum atomic E-state index is -0.416. The van der Waals surface area contributed by atoms with Gasteiger partial charge in [0.2, 0.25) is 0 Å². The summed E-state index contributed by atoms with van der Waals surface area (Å²) in [5, 5.41) is 2.77. The topological polar surface area (TPSA) is 55.4 Å². The predicted molar refractivity (Wildman–Crippen MR) is 110 cm³/mol. The second-order valence-corrected chi connectivity index (χ2v) is 9.50. The Morgan fingerprint density at radius 1 is 1.22 bits per heavy atom. The van der Waals surface area contributed by atoms with Crippen LogP contribution in [0.15, 0.2) is 30.3 Å². The summed E-state index contributed by atoms with van der Waals surface area (Å²) in [7, 11) is 0. The summed E-state index contributed by atoms with van der Waals surface area (Å²) >= 11 is 1.50. The van der Waals surface area contributed by atoms with E-state index in [2.05, 4.69) is 33.0 Å². The first-order valence-corrected chi connectivity index (χ1v) is 10.2. The lowest BCUT2D eigenvalue weighted by molar-refractivity contribution is -0.119. The average Bonchev–Trinajstić information content (AvgIpc) is 3.02. The van der Waals surface area contributed by atoms with E-state index in [4.69, 9.17) is 4.74 Å². The van der Waals surface area contributed by atoms with Crippen LogP contribution in [0.3, 0.4) is 0 Å². The highest BCUT2D eigenvalue weighted by molar-refractivity contribution is 7.14. The Hall–Kier alpha value is -2.14. The van der Waals surface area contributed by atoms with Crippen LogP contribution in [0.1, 0.15) is 59.8 Å². The molecule has 1 aliphatic carbocycles. The molecule has 1 heterocycles. The van der Waals surface area contributed by atoms with Gasteiger partial charge in [-0.3, -0.25) is 4.79 Å². The lowest BCUT2D eigenvalue weighted by Crippen LogP contribution is -2.20. The molecule has 0 unspecified atom stereocenters. The summed E-state index contributed by atoms with van der Waals surface area (Å²) in [6.45, 7) is 8.38. The molecule has 1 N–H and O–H groups in total. The monoisotopic (exact) mass is 385 g/mol. The van der Waals surface area contributed by atoms with Crippen LogP contribution in [0, 0.1) is 5.92 Å². The van der Waals surface area contributed by atoms with E-state index in [0.29, 0.717) is 16.5 Å². The number of nitrogens with one attached hydrogen (secondary N) is 1. The number of esters is 1. The number of rotatable bonds is 4. The van der Waals surface area contributed by atoms with E-state index >= 15 is 0 Å². The number of hydrogen-bond acceptors (Lipinski definition) is 4. The Bertz CT molecular complexity index is 830. The molecule has 5 heteroatoms. The van der Waals surface area contributed by atoms with Crippen LogP contribution < -0.4 is 5.32 Å². The van der Waals surface area contributed by atoms with Gasteiger partial charge in [0, 0.05) is 10.6 Å². The van der Waals surface area contributed by atoms with Crippen molar-refractivity contribution in [2.45, 2.75) is 52.4 Å². The highest BCUT2D eigenvalue weighted by atomic mass is 32.1. The molecule has 1 aromatic heterocycles. The highest BCUT2D eigenvalue weighted by Crippen LogP contribution is 2.32. The van der Waals surface area contributed by atoms with E-state index in [1.807, 2.05) is 30.3 Å². The molecule has 0 radical (unpaired) electrons. The number of amides is 1. The maximum Gasteiger partial charge on any atom is 0.348 e. The fourth-order valence-corrected chi connectivity index (χ4v) is 4.36. The van der Waals surface area contributed by atoms with E-state index in [-0.39, 0.29) is 17.9 Å². The van der Waals surface area contributed by atoms with Crippen molar-refractivity contribution in [3.05, 3.63) is 51.2 Å². The van der Waals surface area contributed by atoms with Crippen molar-refractivity contribution in [1.82, 2.24) is 0 Å². The Kier molecular flexibility index (Phi) is 5.70. The third-order valence-corrected chi connectivity index (χ3v) is 6.12. The number of carbonyl (C=O) groups excluding carboxylic acids is 2. The maximum atomic E-state index is 12.3. The zero-order valence-corrected chi connectivity index (χ0v) is 17.2. The number of thiophene rings is 1. The number of benzene rings is 1. The molecule has 144 valence electrons. The molecule has 27 heavy (non-hydrogen) atoms. The molecule has 0 spiro atoms. The lowest BCUT2D eigenvalue weighted by Gasteiger charge is -2.19. The second-order valence-electron chi connectivity index (χ2n) is 8.36. The molecule has 2 aromatic rings. The zero-order chi connectivity index (χ0) is 19.6. The molecule has 0 fully saturated rings. The minimum absolute atomic E-state index is 0.0652. The van der Waals surface area contributed by atoms with Gasteiger partial charge in [-0.1, -0.05) is 39.8 Å². The van der Waals surface area contributed by atoms with Crippen LogP contribution in [-0.4, -0.2) is 18.5 Å². The maximum absolute atomic E-state index is 12.3. The Labute approximate surface area is 164 Å². The van der Waals surface area contributed by atoms with Gasteiger partial charge in [-0.25, -0.2) is 4.79 Å². The van der Waals surface area contributed by atoms with Gasteiger partial charge in [0.25, 0.3) is 5.91 Å². The van der Waals surface area contributed by atoms with Crippen molar-refractivity contribution in [2.24, 2.45) is 5.92 Å². The Morgan fingerprint density at radius 3 is 2.59 bits per heavy atom. The summed E-state index contributed by atoms with van der Waals surface area (Å²) in [6.07, 6.45) is 3.21. The SMILES string of the molecule is C[C@H]1CCc2sc(C(=O)OCC(=O)Nc3ccc(C(C)(C)C)cc3)cc2C1. The van der Waals surface area contributed by atoms with Crippen LogP contribution in [0.4, 0.5) is 5.69 Å². The fourth-order valence-electron chi connectivity index (χ4n) is 3.26. The standard InChI is InChI=1S/C22H27NO3S/c1-14-5-10-18-15(11-14)12-19(27-18)21(25)26-13-20(24)23-17-8-6-16(7-9-17)22(2,3)4/h6-9,12,14H,5,10-11,13H2,1-4H3,(H,23,24)/t14-/m0/s1. The molecule has 3 rings (SSSR count). The molecule has 0 saturated carbocycles. The summed E-state index contributed by atoms with van der Waals surface area (Å²) in [6, 6.07) is 9.67. The first-order valence-electron chi connectivity index (χ1n) is 9.41. The highest BCUT2D eigenvalue weighted by Gasteiger charge is 2.22. The van der Waals surface area contributed by atoms with E-state index in [9.17, 15) is 9.59 Å². The quantitative estimate of drug-likeness (QED) is 0.756. The molecular formula is C22H27NO3S. The van der Waals surface area contributed by atoms with Gasteiger partial charge in [-0.15, -0.1) is 11.3 Å². The largest absolute Gasteiger partial charge is 0.451 e. The summed E-state index contributed by atoms with van der Waals surface area (Å²) in [5.74, 6) is -0.0893. The molecule has 1 amide bonds. The number of ether oxygens (including phenoxy) is 1. The molecule has 0 bridgehead atoms. The van der Waals surface area contributed by atoms with E-state index < -0.39 is 5.97 Å². The molecule has 4 nitrogen and oxygen atoms in total. The van der Waals surface area contributed by atoms with E-state index in [1.54, 1.807) is 0 Å². The van der Waals surface area contributed by atoms with Crippen molar-refractivity contribution >= 4 is 28.9 Å². The third kappa shape index (κ3) is 4.98. The smallest absolute Gasteiger partial charge is 0.348 e. The Morgan fingerprint density at radius 2 is 1.93 bits per heavy atom. The van der Waals surface area contributed by atoms with E-state index in [0.717, 1.165) is 12.8 Å². The van der Waals surface area contributed by atoms with Crippen LogP contribution in [0.2, 0.25) is 0 Å². The average molecular weight is 386 g/mol. The molecule has 0 saturated heterocycles. The number of hydrogen-bond donors (Lipinski definition) is 1. The van der Waals surface area contributed by atoms with Crippen LogP contribution in [-0.2, 0) is 27.8 Å². The van der Waals surface area contributed by atoms with Crippen molar-refractivity contribution in [1.29, 1.82) is 0 Å². The number of fused-ring (bicyclic) bond motifs is 1. The lowest BCUT2D eigenvalue weighted by atomic mass is 9.87. The first kappa shape index (κ1) is 19.6. The predicted octanol–water partition coefficient (Wildman–Crippen LogP) is 4.97. The van der Waals surface area contributed by atoms with Gasteiger partial charge in [0.15, 0.2) is 6.61 Å². The van der Waals surface area contributed by atoms with Gasteiger partial charge >= 0.3 is 5.97 Å². The third-order valence-electron chi connectivity index (χ3n) is 4.90. The number of carbonyl (C=O) groups is 2. The van der Waals surface area contributed by atoms with E-state index in [1.165, 1.54) is 33.8 Å². The van der Waals surface area contributed by atoms with Crippen molar-refractivity contribution in [2.75, 3.05) is 11.9 Å². The normalized spacial score (nSPS) is 16.5. The van der Waals surface area contributed by atoms with Gasteiger partial charge in [-0.2, -0.15) is 0 Å². The molecule has 0 aliphatic heterocycles. The molecular weight excluding hydrogens is 358 g/mol. The summed E-state index contributed by atoms with van der Waals surface area (Å²) in [4.78, 5) is 26.2. The van der Waals surface area contributed by atoms with Gasteiger partial charge in [-0.05, 0) is 59.9 Å². The van der Waals surface area contributed by atoms with Crippen LogP contribution >= 0.6 is 11.3 Å². The number of anilines is 1. The fraction of sp³-hybridized carbons (Fsp3) is 0.455. The van der Waals surface area contributed by atoms with Gasteiger partial charge < -0.3 is 10.1 Å². The number of aryl methyl sites for hydroxylation is 1. The van der Waals surface area contributed by atoms with Crippen molar-refractivity contribution < 1.29 is 14.3 Å². The van der Waals surface area contributed by atoms with Crippen LogP contribution in [0.25, 0.3) is 0 Å². The van der Waals surface area contributed by atoms with Crippen molar-refractivity contribution in [3.8, 4) is 0 Å². The van der Waals surface area contributed by atoms with Crippen molar-refractivity contribution in [3.63, 3.8) is 0 Å². The van der Waals surface area contributed by atoms with Gasteiger partial charge in [0.1, 0.15) is 4.88 Å². The molecule has 1 atom stereocenters. The van der Waals surface area contributed by atoms with Crippen LogP contribution in [0.5, 0.6) is 0 Å². The summed E-state index contributed by atoms with van der Waals surface area (Å²) < 4.78 is 5.20. The zero-order valence-electron chi connectivity index (χ0n) is 16.4. The molecule has 1 aromatic carbocycles. The first-order chi connectivity index (χ1) is 12.7. The second kappa shape index (κ2) is 7.85.